The van der Waals surface area contributed by atoms with Crippen LogP contribution in [0.5, 0.6) is 0 Å². The van der Waals surface area contributed by atoms with Crippen LogP contribution >= 0.6 is 27.3 Å². The van der Waals surface area contributed by atoms with E-state index in [9.17, 15) is 0 Å². The second-order valence-corrected chi connectivity index (χ2v) is 6.11. The molecule has 0 aromatic carbocycles. The third-order valence-corrected chi connectivity index (χ3v) is 4.53. The fourth-order valence-electron chi connectivity index (χ4n) is 1.83. The minimum Gasteiger partial charge on any atom is -0.271 e. The quantitative estimate of drug-likeness (QED) is 0.634. The molecule has 0 fully saturated rings. The summed E-state index contributed by atoms with van der Waals surface area (Å²) in [6.07, 6.45) is 6.68. The van der Waals surface area contributed by atoms with E-state index in [0.29, 0.717) is 6.04 Å². The summed E-state index contributed by atoms with van der Waals surface area (Å²) in [5.41, 5.74) is 4.16. The summed E-state index contributed by atoms with van der Waals surface area (Å²) >= 11 is 5.23. The molecule has 0 aliphatic rings. The van der Waals surface area contributed by atoms with E-state index in [0.717, 1.165) is 23.7 Å². The molecule has 0 radical (unpaired) electrons. The average Bonchev–Trinajstić information content (AvgIpc) is 2.81. The van der Waals surface area contributed by atoms with E-state index < -0.39 is 0 Å². The zero-order valence-electron chi connectivity index (χ0n) is 9.97. The Hall–Kier alpha value is -0.750. The first-order valence-electron chi connectivity index (χ1n) is 5.86. The highest BCUT2D eigenvalue weighted by atomic mass is 79.9. The Morgan fingerprint density at radius 1 is 1.50 bits per heavy atom. The van der Waals surface area contributed by atoms with Crippen molar-refractivity contribution in [2.75, 3.05) is 0 Å². The van der Waals surface area contributed by atoms with Crippen molar-refractivity contribution in [3.63, 3.8) is 0 Å². The second-order valence-electron chi connectivity index (χ2n) is 4.20. The lowest BCUT2D eigenvalue weighted by molar-refractivity contribution is 0.494. The number of hydrogen-bond donors (Lipinski definition) is 2. The molecule has 0 spiro atoms. The normalized spacial score (nSPS) is 12.6. The van der Waals surface area contributed by atoms with Crippen LogP contribution in [0.4, 0.5) is 0 Å². The smallest absolute Gasteiger partial charge is 0.0299 e. The number of nitrogens with two attached hydrogens (primary N) is 1. The Morgan fingerprint density at radius 3 is 3.00 bits per heavy atom. The van der Waals surface area contributed by atoms with E-state index in [1.165, 1.54) is 10.4 Å². The van der Waals surface area contributed by atoms with E-state index in [1.807, 2.05) is 12.3 Å². The minimum absolute atomic E-state index is 0.302. The molecule has 2 aromatic rings. The molecule has 0 saturated heterocycles. The molecule has 2 aromatic heterocycles. The van der Waals surface area contributed by atoms with Crippen molar-refractivity contribution in [1.82, 2.24) is 10.4 Å². The largest absolute Gasteiger partial charge is 0.271 e. The molecule has 0 aliphatic heterocycles. The average molecular weight is 326 g/mol. The highest BCUT2D eigenvalue weighted by Gasteiger charge is 2.09. The van der Waals surface area contributed by atoms with Gasteiger partial charge in [-0.3, -0.25) is 16.3 Å². The fraction of sp³-hybridized carbons (Fsp3) is 0.308. The maximum atomic E-state index is 5.62. The van der Waals surface area contributed by atoms with Crippen molar-refractivity contribution in [3.8, 4) is 0 Å². The van der Waals surface area contributed by atoms with Crippen LogP contribution in [0.25, 0.3) is 0 Å². The number of halogens is 1. The first-order valence-corrected chi connectivity index (χ1v) is 7.53. The van der Waals surface area contributed by atoms with Crippen LogP contribution in [-0.4, -0.2) is 11.0 Å². The number of hydrazine groups is 1. The molecular weight excluding hydrogens is 310 g/mol. The second kappa shape index (κ2) is 6.99. The molecule has 3 nitrogen and oxygen atoms in total. The van der Waals surface area contributed by atoms with Gasteiger partial charge in [-0.1, -0.05) is 6.07 Å². The predicted molar refractivity (Wildman–Crippen MR) is 79.4 cm³/mol. The van der Waals surface area contributed by atoms with Gasteiger partial charge in [0.15, 0.2) is 0 Å². The van der Waals surface area contributed by atoms with Gasteiger partial charge in [-0.15, -0.1) is 11.3 Å². The highest BCUT2D eigenvalue weighted by Crippen LogP contribution is 2.21. The Bertz CT molecular complexity index is 472. The third-order valence-electron chi connectivity index (χ3n) is 2.81. The minimum atomic E-state index is 0.302. The molecule has 0 bridgehead atoms. The summed E-state index contributed by atoms with van der Waals surface area (Å²) in [6, 6.07) is 6.52. The van der Waals surface area contributed by atoms with Gasteiger partial charge in [0.25, 0.3) is 0 Å². The number of rotatable bonds is 6. The summed E-state index contributed by atoms with van der Waals surface area (Å²) in [5, 5.41) is 2.10. The Labute approximate surface area is 120 Å². The van der Waals surface area contributed by atoms with Crippen LogP contribution < -0.4 is 11.3 Å². The number of thiophene rings is 1. The summed E-state index contributed by atoms with van der Waals surface area (Å²) in [7, 11) is 0. The number of aryl methyl sites for hydroxylation is 1. The number of hydrogen-bond acceptors (Lipinski definition) is 4. The molecule has 1 atom stereocenters. The van der Waals surface area contributed by atoms with Crippen LogP contribution in [0.3, 0.4) is 0 Å². The van der Waals surface area contributed by atoms with Crippen LogP contribution in [0, 0.1) is 0 Å². The van der Waals surface area contributed by atoms with Crippen LogP contribution in [0.2, 0.25) is 0 Å². The van der Waals surface area contributed by atoms with Gasteiger partial charge in [0.1, 0.15) is 0 Å². The lowest BCUT2D eigenvalue weighted by atomic mass is 10.0. The number of aromatic nitrogens is 1. The monoisotopic (exact) mass is 325 g/mol. The van der Waals surface area contributed by atoms with Gasteiger partial charge in [0.05, 0.1) is 0 Å². The molecule has 0 aliphatic carbocycles. The molecule has 2 rings (SSSR count). The molecule has 0 amide bonds. The van der Waals surface area contributed by atoms with Crippen molar-refractivity contribution in [2.45, 2.75) is 25.3 Å². The molecule has 5 heteroatoms. The van der Waals surface area contributed by atoms with E-state index in [-0.39, 0.29) is 0 Å². The molecule has 2 heterocycles. The summed E-state index contributed by atoms with van der Waals surface area (Å²) in [4.78, 5) is 5.46. The first kappa shape index (κ1) is 13.7. The molecular formula is C13H16BrN3S. The Morgan fingerprint density at radius 2 is 2.39 bits per heavy atom. The van der Waals surface area contributed by atoms with Gasteiger partial charge >= 0.3 is 0 Å². The topological polar surface area (TPSA) is 50.9 Å². The summed E-state index contributed by atoms with van der Waals surface area (Å²) in [5.74, 6) is 5.62. The lowest BCUT2D eigenvalue weighted by Crippen LogP contribution is -2.36. The SMILES string of the molecule is NNC(CCc1cccnc1)Cc1cc(Br)cs1. The van der Waals surface area contributed by atoms with Gasteiger partial charge in [-0.05, 0) is 52.9 Å². The van der Waals surface area contributed by atoms with Crippen LogP contribution in [0.1, 0.15) is 16.9 Å². The van der Waals surface area contributed by atoms with Crippen molar-refractivity contribution in [2.24, 2.45) is 5.84 Å². The van der Waals surface area contributed by atoms with Crippen molar-refractivity contribution >= 4 is 27.3 Å². The fourth-order valence-corrected chi connectivity index (χ4v) is 3.37. The Kier molecular flexibility index (Phi) is 5.31. The standard InChI is InChI=1S/C13H16BrN3S/c14-11-6-13(18-9-11)7-12(17-15)4-3-10-2-1-5-16-8-10/h1-2,5-6,8-9,12,17H,3-4,7,15H2. The predicted octanol–water partition coefficient (Wildman–Crippen LogP) is 2.91. The van der Waals surface area contributed by atoms with Gasteiger partial charge in [-0.2, -0.15) is 0 Å². The van der Waals surface area contributed by atoms with Gasteiger partial charge in [-0.25, -0.2) is 0 Å². The number of nitrogens with zero attached hydrogens (tertiary/aromatic N) is 1. The highest BCUT2D eigenvalue weighted by molar-refractivity contribution is 9.10. The zero-order valence-corrected chi connectivity index (χ0v) is 12.4. The van der Waals surface area contributed by atoms with E-state index in [1.54, 1.807) is 17.5 Å². The molecule has 18 heavy (non-hydrogen) atoms. The number of pyridine rings is 1. The van der Waals surface area contributed by atoms with Crippen LogP contribution in [-0.2, 0) is 12.8 Å². The van der Waals surface area contributed by atoms with Gasteiger partial charge in [0, 0.05) is 33.2 Å². The Balaban J connectivity index is 1.86. The maximum absolute atomic E-state index is 5.62. The van der Waals surface area contributed by atoms with Gasteiger partial charge < -0.3 is 0 Å². The number of nitrogens with one attached hydrogen (secondary N) is 1. The molecule has 96 valence electrons. The van der Waals surface area contributed by atoms with Crippen molar-refractivity contribution in [3.05, 3.63) is 50.9 Å². The lowest BCUT2D eigenvalue weighted by Gasteiger charge is -2.14. The maximum Gasteiger partial charge on any atom is 0.0299 e. The summed E-state index contributed by atoms with van der Waals surface area (Å²) in [6.45, 7) is 0. The van der Waals surface area contributed by atoms with Gasteiger partial charge in [0.2, 0.25) is 0 Å². The first-order chi connectivity index (χ1) is 8.78. The van der Waals surface area contributed by atoms with E-state index in [2.05, 4.69) is 43.9 Å². The summed E-state index contributed by atoms with van der Waals surface area (Å²) < 4.78 is 1.14. The molecule has 0 saturated carbocycles. The molecule has 3 N–H and O–H groups in total. The van der Waals surface area contributed by atoms with Crippen molar-refractivity contribution in [1.29, 1.82) is 0 Å². The van der Waals surface area contributed by atoms with Crippen LogP contribution in [0.15, 0.2) is 40.4 Å². The van der Waals surface area contributed by atoms with E-state index in [4.69, 9.17) is 5.84 Å². The zero-order chi connectivity index (χ0) is 12.8. The van der Waals surface area contributed by atoms with Crippen molar-refractivity contribution < 1.29 is 0 Å². The molecule has 1 unspecified atom stereocenters. The third kappa shape index (κ3) is 4.17. The van der Waals surface area contributed by atoms with E-state index >= 15 is 0 Å².